The summed E-state index contributed by atoms with van der Waals surface area (Å²) in [7, 11) is 1.28. The van der Waals surface area contributed by atoms with Crippen LogP contribution in [0.3, 0.4) is 0 Å². The third-order valence-electron chi connectivity index (χ3n) is 4.58. The van der Waals surface area contributed by atoms with Crippen molar-refractivity contribution in [2.75, 3.05) is 23.9 Å². The Balaban J connectivity index is 1.51. The Bertz CT molecular complexity index is 1090. The topological polar surface area (TPSA) is 106 Å². The molecule has 1 unspecified atom stereocenters. The van der Waals surface area contributed by atoms with Crippen LogP contribution in [0, 0.1) is 12.8 Å². The van der Waals surface area contributed by atoms with E-state index < -0.39 is 11.9 Å². The van der Waals surface area contributed by atoms with Crippen LogP contribution < -0.4 is 10.2 Å². The highest BCUT2D eigenvalue weighted by Gasteiger charge is 2.37. The number of carbonyl (C=O) groups is 3. The number of amides is 2. The monoisotopic (exact) mass is 399 g/mol. The summed E-state index contributed by atoms with van der Waals surface area (Å²) in [4.78, 5) is 43.5. The molecule has 28 heavy (non-hydrogen) atoms. The van der Waals surface area contributed by atoms with Crippen LogP contribution in [0.5, 0.6) is 0 Å². The molecule has 1 fully saturated rings. The molecule has 0 spiro atoms. The van der Waals surface area contributed by atoms with Crippen LogP contribution in [0.15, 0.2) is 29.6 Å². The van der Waals surface area contributed by atoms with Gasteiger partial charge in [-0.1, -0.05) is 12.1 Å². The van der Waals surface area contributed by atoms with Crippen LogP contribution in [-0.2, 0) is 14.3 Å². The number of aromatic nitrogens is 3. The predicted octanol–water partition coefficient (Wildman–Crippen LogP) is 1.88. The molecule has 9 nitrogen and oxygen atoms in total. The van der Waals surface area contributed by atoms with Gasteiger partial charge in [-0.25, -0.2) is 9.31 Å². The largest absolute Gasteiger partial charge is 0.465 e. The summed E-state index contributed by atoms with van der Waals surface area (Å²) in [6.45, 7) is 2.07. The Morgan fingerprint density at radius 3 is 2.86 bits per heavy atom. The van der Waals surface area contributed by atoms with Crippen LogP contribution in [-0.4, -0.2) is 46.0 Å². The molecule has 4 rings (SSSR count). The minimum atomic E-state index is -0.569. The van der Waals surface area contributed by atoms with Crippen molar-refractivity contribution >= 4 is 45.7 Å². The lowest BCUT2D eigenvalue weighted by Gasteiger charge is -2.19. The van der Waals surface area contributed by atoms with Gasteiger partial charge in [0, 0.05) is 18.3 Å². The standard InChI is InChI=1S/C18H17N5O4S/c1-10-9-28-18-20-17(21-23(10)18)19-15(25)11-7-14(24)22(8-11)13-6-4-3-5-12(13)16(26)27-2/h3-6,9,11H,7-8H2,1-2H3,(H,19,21,25). The van der Waals surface area contributed by atoms with E-state index in [4.69, 9.17) is 4.74 Å². The van der Waals surface area contributed by atoms with E-state index in [0.717, 1.165) is 5.69 Å². The number of rotatable bonds is 4. The number of hydrogen-bond acceptors (Lipinski definition) is 7. The predicted molar refractivity (Wildman–Crippen MR) is 102 cm³/mol. The van der Waals surface area contributed by atoms with E-state index in [0.29, 0.717) is 10.6 Å². The molecule has 0 bridgehead atoms. The molecular formula is C18H17N5O4S. The molecule has 1 aliphatic heterocycles. The van der Waals surface area contributed by atoms with Gasteiger partial charge in [0.15, 0.2) is 0 Å². The van der Waals surface area contributed by atoms with Crippen molar-refractivity contribution in [2.24, 2.45) is 5.92 Å². The minimum absolute atomic E-state index is 0.0442. The number of para-hydroxylation sites is 1. The Hall–Kier alpha value is -3.27. The fraction of sp³-hybridized carbons (Fsp3) is 0.278. The molecule has 0 aliphatic carbocycles. The van der Waals surface area contributed by atoms with Crippen molar-refractivity contribution in [2.45, 2.75) is 13.3 Å². The zero-order valence-electron chi connectivity index (χ0n) is 15.2. The van der Waals surface area contributed by atoms with Gasteiger partial charge in [0.25, 0.3) is 0 Å². The molecule has 1 aromatic carbocycles. The fourth-order valence-electron chi connectivity index (χ4n) is 3.16. The minimum Gasteiger partial charge on any atom is -0.465 e. The lowest BCUT2D eigenvalue weighted by molar-refractivity contribution is -0.122. The number of ether oxygens (including phenoxy) is 1. The third-order valence-corrected chi connectivity index (χ3v) is 5.51. The number of aryl methyl sites for hydroxylation is 1. The van der Waals surface area contributed by atoms with E-state index in [9.17, 15) is 14.4 Å². The van der Waals surface area contributed by atoms with Gasteiger partial charge in [0.2, 0.25) is 22.7 Å². The van der Waals surface area contributed by atoms with Gasteiger partial charge in [-0.3, -0.25) is 14.9 Å². The molecule has 1 atom stereocenters. The maximum absolute atomic E-state index is 12.6. The van der Waals surface area contributed by atoms with E-state index in [1.54, 1.807) is 28.8 Å². The summed E-state index contributed by atoms with van der Waals surface area (Å²) in [6, 6.07) is 6.68. The summed E-state index contributed by atoms with van der Waals surface area (Å²) < 4.78 is 6.43. The molecule has 1 aliphatic rings. The first-order valence-electron chi connectivity index (χ1n) is 8.57. The van der Waals surface area contributed by atoms with Crippen LogP contribution in [0.4, 0.5) is 11.6 Å². The summed E-state index contributed by atoms with van der Waals surface area (Å²) in [5, 5.41) is 8.86. The van der Waals surface area contributed by atoms with Crippen molar-refractivity contribution in [3.63, 3.8) is 0 Å². The van der Waals surface area contributed by atoms with Gasteiger partial charge < -0.3 is 9.64 Å². The first-order valence-corrected chi connectivity index (χ1v) is 9.45. The Kier molecular flexibility index (Phi) is 4.55. The lowest BCUT2D eigenvalue weighted by Crippen LogP contribution is -2.29. The molecule has 10 heteroatoms. The van der Waals surface area contributed by atoms with Gasteiger partial charge in [0.1, 0.15) is 0 Å². The van der Waals surface area contributed by atoms with Gasteiger partial charge >= 0.3 is 5.97 Å². The second-order valence-electron chi connectivity index (χ2n) is 6.41. The number of thiazole rings is 1. The SMILES string of the molecule is COC(=O)c1ccccc1N1CC(C(=O)Nc2nc3scc(C)n3n2)CC1=O. The summed E-state index contributed by atoms with van der Waals surface area (Å²) in [5.74, 6) is -1.45. The zero-order valence-corrected chi connectivity index (χ0v) is 16.0. The Morgan fingerprint density at radius 2 is 2.11 bits per heavy atom. The van der Waals surface area contributed by atoms with E-state index in [-0.39, 0.29) is 36.3 Å². The van der Waals surface area contributed by atoms with E-state index >= 15 is 0 Å². The number of esters is 1. The lowest BCUT2D eigenvalue weighted by atomic mass is 10.1. The van der Waals surface area contributed by atoms with Crippen LogP contribution in [0.2, 0.25) is 0 Å². The van der Waals surface area contributed by atoms with Crippen molar-refractivity contribution < 1.29 is 19.1 Å². The number of carbonyl (C=O) groups excluding carboxylic acids is 3. The first-order chi connectivity index (χ1) is 13.5. The number of methoxy groups -OCH3 is 1. The third kappa shape index (κ3) is 3.11. The molecule has 1 N–H and O–H groups in total. The number of nitrogens with zero attached hydrogens (tertiary/aromatic N) is 4. The maximum Gasteiger partial charge on any atom is 0.339 e. The number of nitrogens with one attached hydrogen (secondary N) is 1. The van der Waals surface area contributed by atoms with Crippen LogP contribution in [0.25, 0.3) is 4.96 Å². The number of benzene rings is 1. The molecule has 0 radical (unpaired) electrons. The van der Waals surface area contributed by atoms with Crippen LogP contribution in [0.1, 0.15) is 22.5 Å². The molecule has 2 amide bonds. The fourth-order valence-corrected chi connectivity index (χ4v) is 3.96. The van der Waals surface area contributed by atoms with E-state index in [1.165, 1.54) is 23.3 Å². The molecule has 1 saturated heterocycles. The zero-order chi connectivity index (χ0) is 19.8. The van der Waals surface area contributed by atoms with Crippen LogP contribution >= 0.6 is 11.3 Å². The summed E-state index contributed by atoms with van der Waals surface area (Å²) in [6.07, 6.45) is 0.0442. The summed E-state index contributed by atoms with van der Waals surface area (Å²) >= 11 is 1.43. The normalized spacial score (nSPS) is 16.6. The van der Waals surface area contributed by atoms with Crippen molar-refractivity contribution in [3.8, 4) is 0 Å². The summed E-state index contributed by atoms with van der Waals surface area (Å²) in [5.41, 5.74) is 1.64. The number of anilines is 2. The highest BCUT2D eigenvalue weighted by molar-refractivity contribution is 7.15. The smallest absolute Gasteiger partial charge is 0.339 e. The van der Waals surface area contributed by atoms with Gasteiger partial charge in [-0.15, -0.1) is 16.4 Å². The first kappa shape index (κ1) is 18.1. The van der Waals surface area contributed by atoms with Crippen molar-refractivity contribution in [1.29, 1.82) is 0 Å². The Labute approximate surface area is 163 Å². The highest BCUT2D eigenvalue weighted by atomic mass is 32.1. The van der Waals surface area contributed by atoms with Gasteiger partial charge in [-0.2, -0.15) is 4.98 Å². The average molecular weight is 399 g/mol. The molecule has 3 heterocycles. The molecule has 2 aromatic heterocycles. The number of fused-ring (bicyclic) bond motifs is 1. The molecule has 3 aromatic rings. The quantitative estimate of drug-likeness (QED) is 0.672. The highest BCUT2D eigenvalue weighted by Crippen LogP contribution is 2.29. The second-order valence-corrected chi connectivity index (χ2v) is 7.25. The second kappa shape index (κ2) is 7.04. The van der Waals surface area contributed by atoms with Crippen molar-refractivity contribution in [3.05, 3.63) is 40.9 Å². The number of hydrogen-bond donors (Lipinski definition) is 1. The maximum atomic E-state index is 12.6. The Morgan fingerprint density at radius 1 is 1.32 bits per heavy atom. The molecular weight excluding hydrogens is 382 g/mol. The average Bonchev–Trinajstić information content (AvgIpc) is 3.37. The van der Waals surface area contributed by atoms with Gasteiger partial charge in [0.05, 0.1) is 30.0 Å². The van der Waals surface area contributed by atoms with E-state index in [1.807, 2.05) is 12.3 Å². The molecule has 144 valence electrons. The van der Waals surface area contributed by atoms with Crippen molar-refractivity contribution in [1.82, 2.24) is 14.6 Å². The van der Waals surface area contributed by atoms with E-state index in [2.05, 4.69) is 15.4 Å². The van der Waals surface area contributed by atoms with Gasteiger partial charge in [-0.05, 0) is 19.1 Å². The molecule has 0 saturated carbocycles.